The molecule has 0 aliphatic carbocycles. The van der Waals surface area contributed by atoms with E-state index in [1.165, 1.54) is 6.92 Å². The van der Waals surface area contributed by atoms with Gasteiger partial charge in [0.2, 0.25) is 5.91 Å². The Morgan fingerprint density at radius 3 is 2.70 bits per heavy atom. The van der Waals surface area contributed by atoms with Gasteiger partial charge in [0.25, 0.3) is 0 Å². The average Bonchev–Trinajstić information content (AvgIpc) is 2.41. The molecule has 0 spiro atoms. The second-order valence-electron chi connectivity index (χ2n) is 4.55. The van der Waals surface area contributed by atoms with Crippen LogP contribution in [0.2, 0.25) is 0 Å². The first kappa shape index (κ1) is 13.8. The van der Waals surface area contributed by atoms with Crippen LogP contribution in [0.4, 0.5) is 5.69 Å². The molecule has 102 valence electrons. The number of allylic oxidation sites excluding steroid dienone is 1. The van der Waals surface area contributed by atoms with Crippen LogP contribution in [0.5, 0.6) is 0 Å². The first-order valence-corrected chi connectivity index (χ1v) is 6.25. The highest BCUT2D eigenvalue weighted by molar-refractivity contribution is 5.87. The molecule has 1 aromatic carbocycles. The fourth-order valence-corrected chi connectivity index (χ4v) is 2.14. The summed E-state index contributed by atoms with van der Waals surface area (Å²) in [5.74, 6) is 0.0777. The van der Waals surface area contributed by atoms with Crippen molar-refractivity contribution in [1.29, 1.82) is 0 Å². The van der Waals surface area contributed by atoms with Crippen molar-refractivity contribution < 1.29 is 9.59 Å². The van der Waals surface area contributed by atoms with Crippen LogP contribution >= 0.6 is 0 Å². The Morgan fingerprint density at radius 1 is 1.40 bits per heavy atom. The molecule has 1 aliphatic heterocycles. The summed E-state index contributed by atoms with van der Waals surface area (Å²) in [5, 5.41) is 3.49. The lowest BCUT2D eigenvalue weighted by Gasteiger charge is -2.28. The van der Waals surface area contributed by atoms with Gasteiger partial charge >= 0.3 is 0 Å². The van der Waals surface area contributed by atoms with Crippen molar-refractivity contribution in [1.82, 2.24) is 4.90 Å². The molecule has 6 nitrogen and oxygen atoms in total. The van der Waals surface area contributed by atoms with Gasteiger partial charge in [-0.05, 0) is 17.2 Å². The van der Waals surface area contributed by atoms with Crippen LogP contribution in [0.15, 0.2) is 35.1 Å². The smallest absolute Gasteiger partial charge is 0.223 e. The number of piperidine rings is 1. The molecule has 6 heteroatoms. The minimum atomic E-state index is -0.0607. The highest BCUT2D eigenvalue weighted by Gasteiger charge is 2.23. The van der Waals surface area contributed by atoms with Crippen molar-refractivity contribution >= 4 is 23.5 Å². The Bertz CT molecular complexity index is 613. The molecule has 1 amide bonds. The monoisotopic (exact) mass is 270 g/mol. The Kier molecular flexibility index (Phi) is 4.17. The maximum absolute atomic E-state index is 11.6. The summed E-state index contributed by atoms with van der Waals surface area (Å²) in [6.45, 7) is 1.94. The van der Waals surface area contributed by atoms with Crippen LogP contribution in [0, 0.1) is 0 Å². The maximum Gasteiger partial charge on any atom is 0.223 e. The van der Waals surface area contributed by atoms with Gasteiger partial charge in [-0.3, -0.25) is 9.59 Å². The predicted molar refractivity (Wildman–Crippen MR) is 74.9 cm³/mol. The Morgan fingerprint density at radius 2 is 2.10 bits per heavy atom. The van der Waals surface area contributed by atoms with Crippen molar-refractivity contribution in [3.05, 3.63) is 46.0 Å². The van der Waals surface area contributed by atoms with Gasteiger partial charge in [0, 0.05) is 42.6 Å². The number of Topliss-reactive ketones (excluding diaryl/α,β-unsaturated/α-hetero) is 1. The van der Waals surface area contributed by atoms with Crippen LogP contribution in [-0.4, -0.2) is 23.1 Å². The van der Waals surface area contributed by atoms with E-state index in [9.17, 15) is 9.59 Å². The number of likely N-dealkylation sites (tertiary alicyclic amines) is 1. The molecule has 0 atom stereocenters. The molecule has 0 aromatic heterocycles. The topological polar surface area (TPSA) is 86.1 Å². The number of carbonyl (C=O) groups is 2. The number of ketones is 1. The van der Waals surface area contributed by atoms with E-state index in [1.54, 1.807) is 29.2 Å². The fraction of sp³-hybridized carbons (Fsp3) is 0.286. The SMILES string of the molecule is CC(=O)N1CCC(=O)CC1=Cc1ccc(N=[N+]=[N-])cc1. The Balaban J connectivity index is 2.28. The summed E-state index contributed by atoms with van der Waals surface area (Å²) >= 11 is 0. The van der Waals surface area contributed by atoms with Crippen LogP contribution in [0.3, 0.4) is 0 Å². The van der Waals surface area contributed by atoms with E-state index in [-0.39, 0.29) is 18.1 Å². The summed E-state index contributed by atoms with van der Waals surface area (Å²) in [4.78, 5) is 27.4. The van der Waals surface area contributed by atoms with Crippen LogP contribution in [0.25, 0.3) is 16.5 Å². The summed E-state index contributed by atoms with van der Waals surface area (Å²) < 4.78 is 0. The van der Waals surface area contributed by atoms with Gasteiger partial charge in [0.05, 0.1) is 0 Å². The first-order valence-electron chi connectivity index (χ1n) is 6.25. The van der Waals surface area contributed by atoms with Gasteiger partial charge in [0.15, 0.2) is 0 Å². The summed E-state index contributed by atoms with van der Waals surface area (Å²) in [6.07, 6.45) is 2.50. The highest BCUT2D eigenvalue weighted by Crippen LogP contribution is 2.22. The summed E-state index contributed by atoms with van der Waals surface area (Å²) in [7, 11) is 0. The fourth-order valence-electron chi connectivity index (χ4n) is 2.14. The molecule has 0 saturated carbocycles. The molecule has 2 rings (SSSR count). The molecule has 1 aromatic rings. The van der Waals surface area contributed by atoms with Gasteiger partial charge in [-0.2, -0.15) is 0 Å². The van der Waals surface area contributed by atoms with Crippen molar-refractivity contribution in [2.24, 2.45) is 5.11 Å². The Hall–Kier alpha value is -2.59. The lowest BCUT2D eigenvalue weighted by atomic mass is 10.0. The standard InChI is InChI=1S/C14H14N4O2/c1-10(19)18-7-6-14(20)9-13(18)8-11-2-4-12(5-3-11)16-17-15/h2-5,8H,6-7,9H2,1H3. The minimum absolute atomic E-state index is 0.0607. The van der Waals surface area contributed by atoms with Gasteiger partial charge < -0.3 is 4.90 Å². The van der Waals surface area contributed by atoms with E-state index in [1.807, 2.05) is 6.08 Å². The molecule has 0 unspecified atom stereocenters. The molecule has 1 aliphatic rings. The molecule has 0 bridgehead atoms. The largest absolute Gasteiger partial charge is 0.316 e. The third kappa shape index (κ3) is 3.24. The quantitative estimate of drug-likeness (QED) is 0.469. The van der Waals surface area contributed by atoms with Gasteiger partial charge in [-0.1, -0.05) is 29.4 Å². The lowest BCUT2D eigenvalue weighted by Crippen LogP contribution is -2.35. The predicted octanol–water partition coefficient (Wildman–Crippen LogP) is 3.18. The van der Waals surface area contributed by atoms with E-state index in [0.29, 0.717) is 24.4 Å². The van der Waals surface area contributed by atoms with Crippen LogP contribution < -0.4 is 0 Å². The van der Waals surface area contributed by atoms with E-state index < -0.39 is 0 Å². The van der Waals surface area contributed by atoms with Crippen LogP contribution in [0.1, 0.15) is 25.3 Å². The maximum atomic E-state index is 11.6. The zero-order chi connectivity index (χ0) is 14.5. The molecule has 1 saturated heterocycles. The lowest BCUT2D eigenvalue weighted by molar-refractivity contribution is -0.129. The number of benzene rings is 1. The van der Waals surface area contributed by atoms with Gasteiger partial charge in [0.1, 0.15) is 5.78 Å². The molecule has 20 heavy (non-hydrogen) atoms. The second-order valence-corrected chi connectivity index (χ2v) is 4.55. The van der Waals surface area contributed by atoms with Gasteiger partial charge in [-0.25, -0.2) is 0 Å². The van der Waals surface area contributed by atoms with Crippen molar-refractivity contribution in [2.75, 3.05) is 6.54 Å². The minimum Gasteiger partial charge on any atom is -0.316 e. The number of amides is 1. The van der Waals surface area contributed by atoms with Crippen molar-refractivity contribution in [3.63, 3.8) is 0 Å². The molecule has 1 fully saturated rings. The third-order valence-electron chi connectivity index (χ3n) is 3.11. The van der Waals surface area contributed by atoms with E-state index in [4.69, 9.17) is 5.53 Å². The normalized spacial score (nSPS) is 16.9. The zero-order valence-electron chi connectivity index (χ0n) is 11.1. The number of rotatable bonds is 2. The molecular weight excluding hydrogens is 256 g/mol. The van der Waals surface area contributed by atoms with Crippen molar-refractivity contribution in [2.45, 2.75) is 19.8 Å². The second kappa shape index (κ2) is 6.04. The summed E-state index contributed by atoms with van der Waals surface area (Å²) in [6, 6.07) is 6.95. The van der Waals surface area contributed by atoms with E-state index >= 15 is 0 Å². The number of hydrogen-bond donors (Lipinski definition) is 0. The van der Waals surface area contributed by atoms with Crippen molar-refractivity contribution in [3.8, 4) is 0 Å². The zero-order valence-corrected chi connectivity index (χ0v) is 11.1. The third-order valence-corrected chi connectivity index (χ3v) is 3.11. The summed E-state index contributed by atoms with van der Waals surface area (Å²) in [5.41, 5.74) is 10.4. The average molecular weight is 270 g/mol. The highest BCUT2D eigenvalue weighted by atomic mass is 16.2. The Labute approximate surface area is 116 Å². The van der Waals surface area contributed by atoms with Crippen LogP contribution in [-0.2, 0) is 9.59 Å². The number of nitrogens with zero attached hydrogens (tertiary/aromatic N) is 4. The molecule has 0 N–H and O–H groups in total. The van der Waals surface area contributed by atoms with E-state index in [0.717, 1.165) is 5.56 Å². The van der Waals surface area contributed by atoms with Gasteiger partial charge in [-0.15, -0.1) is 0 Å². The number of carbonyl (C=O) groups excluding carboxylic acids is 2. The molecule has 0 radical (unpaired) electrons. The number of hydrogen-bond acceptors (Lipinski definition) is 3. The van der Waals surface area contributed by atoms with E-state index in [2.05, 4.69) is 10.0 Å². The number of azide groups is 1. The first-order chi connectivity index (χ1) is 9.60. The molecule has 1 heterocycles. The molecular formula is C14H14N4O2.